The number of phenols is 1. The Bertz CT molecular complexity index is 338. The molecule has 0 aliphatic heterocycles. The van der Waals surface area contributed by atoms with Crippen molar-refractivity contribution in [3.05, 3.63) is 29.8 Å². The topological polar surface area (TPSA) is 69.6 Å². The van der Waals surface area contributed by atoms with Crippen LogP contribution in [0.2, 0.25) is 0 Å². The van der Waals surface area contributed by atoms with Crippen molar-refractivity contribution in [3.8, 4) is 5.75 Å². The normalized spacial score (nSPS) is 12.3. The Labute approximate surface area is 88.6 Å². The van der Waals surface area contributed by atoms with Crippen LogP contribution < -0.4 is 5.32 Å². The van der Waals surface area contributed by atoms with Crippen LogP contribution in [0, 0.1) is 0 Å². The van der Waals surface area contributed by atoms with E-state index in [4.69, 9.17) is 5.11 Å². The first kappa shape index (κ1) is 11.5. The molecule has 0 aromatic heterocycles. The minimum absolute atomic E-state index is 0.104. The lowest BCUT2D eigenvalue weighted by Gasteiger charge is -2.17. The SMILES string of the molecule is CCC(NCC(=O)O)c1ccccc1O. The maximum absolute atomic E-state index is 10.4. The summed E-state index contributed by atoms with van der Waals surface area (Å²) in [7, 11) is 0. The maximum Gasteiger partial charge on any atom is 0.317 e. The highest BCUT2D eigenvalue weighted by molar-refractivity contribution is 5.69. The number of carboxylic acid groups (broad SMARTS) is 1. The van der Waals surface area contributed by atoms with E-state index in [-0.39, 0.29) is 18.3 Å². The first-order valence-corrected chi connectivity index (χ1v) is 4.88. The molecule has 1 aromatic rings. The van der Waals surface area contributed by atoms with Crippen molar-refractivity contribution >= 4 is 5.97 Å². The van der Waals surface area contributed by atoms with Crippen molar-refractivity contribution in [2.75, 3.05) is 6.54 Å². The number of nitrogens with one attached hydrogen (secondary N) is 1. The van der Waals surface area contributed by atoms with Crippen LogP contribution in [0.3, 0.4) is 0 Å². The van der Waals surface area contributed by atoms with Crippen LogP contribution in [-0.2, 0) is 4.79 Å². The molecule has 0 aliphatic rings. The Balaban J connectivity index is 2.74. The van der Waals surface area contributed by atoms with E-state index in [1.807, 2.05) is 13.0 Å². The molecule has 0 bridgehead atoms. The number of hydrogen-bond acceptors (Lipinski definition) is 3. The number of aromatic hydroxyl groups is 1. The van der Waals surface area contributed by atoms with Gasteiger partial charge in [-0.25, -0.2) is 0 Å². The molecule has 4 heteroatoms. The number of aliphatic carboxylic acids is 1. The number of phenolic OH excluding ortho intramolecular Hbond substituents is 1. The summed E-state index contributed by atoms with van der Waals surface area (Å²) < 4.78 is 0. The van der Waals surface area contributed by atoms with Crippen molar-refractivity contribution in [2.24, 2.45) is 0 Å². The number of carboxylic acids is 1. The molecule has 4 nitrogen and oxygen atoms in total. The van der Waals surface area contributed by atoms with E-state index < -0.39 is 5.97 Å². The van der Waals surface area contributed by atoms with E-state index in [2.05, 4.69) is 5.32 Å². The molecule has 0 saturated heterocycles. The van der Waals surface area contributed by atoms with Gasteiger partial charge in [-0.3, -0.25) is 10.1 Å². The van der Waals surface area contributed by atoms with Crippen LogP contribution >= 0.6 is 0 Å². The zero-order valence-electron chi connectivity index (χ0n) is 8.60. The number of rotatable bonds is 5. The van der Waals surface area contributed by atoms with E-state index in [1.165, 1.54) is 0 Å². The zero-order chi connectivity index (χ0) is 11.3. The Morgan fingerprint density at radius 2 is 2.13 bits per heavy atom. The molecular weight excluding hydrogens is 194 g/mol. The zero-order valence-corrected chi connectivity index (χ0v) is 8.60. The fourth-order valence-corrected chi connectivity index (χ4v) is 1.47. The van der Waals surface area contributed by atoms with Crippen LogP contribution in [0.5, 0.6) is 5.75 Å². The Morgan fingerprint density at radius 1 is 1.47 bits per heavy atom. The van der Waals surface area contributed by atoms with Crippen molar-refractivity contribution in [1.29, 1.82) is 0 Å². The minimum atomic E-state index is -0.899. The Morgan fingerprint density at radius 3 is 2.67 bits per heavy atom. The standard InChI is InChI=1S/C11H15NO3/c1-2-9(12-7-11(14)15)8-5-3-4-6-10(8)13/h3-6,9,12-13H,2,7H2,1H3,(H,14,15). The molecule has 82 valence electrons. The number of benzene rings is 1. The second kappa shape index (κ2) is 5.36. The molecule has 0 radical (unpaired) electrons. The van der Waals surface area contributed by atoms with Gasteiger partial charge >= 0.3 is 5.97 Å². The van der Waals surface area contributed by atoms with Crippen molar-refractivity contribution in [3.63, 3.8) is 0 Å². The third-order valence-electron chi connectivity index (χ3n) is 2.22. The van der Waals surface area contributed by atoms with Crippen LogP contribution in [0.1, 0.15) is 24.9 Å². The molecule has 1 atom stereocenters. The van der Waals surface area contributed by atoms with Gasteiger partial charge in [0, 0.05) is 11.6 Å². The van der Waals surface area contributed by atoms with Gasteiger partial charge in [0.25, 0.3) is 0 Å². The maximum atomic E-state index is 10.4. The van der Waals surface area contributed by atoms with Gasteiger partial charge in [0.1, 0.15) is 5.75 Å². The van der Waals surface area contributed by atoms with Crippen molar-refractivity contribution in [2.45, 2.75) is 19.4 Å². The monoisotopic (exact) mass is 209 g/mol. The number of para-hydroxylation sites is 1. The summed E-state index contributed by atoms with van der Waals surface area (Å²) in [6.45, 7) is 1.83. The van der Waals surface area contributed by atoms with E-state index in [9.17, 15) is 9.90 Å². The predicted molar refractivity (Wildman–Crippen MR) is 56.8 cm³/mol. The number of hydrogen-bond donors (Lipinski definition) is 3. The molecule has 0 saturated carbocycles. The van der Waals surface area contributed by atoms with Gasteiger partial charge in [-0.15, -0.1) is 0 Å². The second-order valence-corrected chi connectivity index (χ2v) is 3.29. The van der Waals surface area contributed by atoms with Crippen molar-refractivity contribution < 1.29 is 15.0 Å². The van der Waals surface area contributed by atoms with Gasteiger partial charge in [-0.05, 0) is 12.5 Å². The lowest BCUT2D eigenvalue weighted by Crippen LogP contribution is -2.27. The summed E-state index contributed by atoms with van der Waals surface area (Å²) in [6.07, 6.45) is 0.727. The highest BCUT2D eigenvalue weighted by Gasteiger charge is 2.13. The van der Waals surface area contributed by atoms with Crippen LogP contribution in [0.15, 0.2) is 24.3 Å². The molecule has 0 aliphatic carbocycles. The molecule has 0 fully saturated rings. The molecule has 0 heterocycles. The summed E-state index contributed by atoms with van der Waals surface area (Å²) in [6, 6.07) is 6.82. The summed E-state index contributed by atoms with van der Waals surface area (Å²) in [5, 5.41) is 21.0. The van der Waals surface area contributed by atoms with E-state index in [0.717, 1.165) is 12.0 Å². The van der Waals surface area contributed by atoms with E-state index in [1.54, 1.807) is 18.2 Å². The summed E-state index contributed by atoms with van der Waals surface area (Å²) in [5.74, 6) is -0.703. The average Bonchev–Trinajstić information content (AvgIpc) is 2.21. The smallest absolute Gasteiger partial charge is 0.317 e. The molecule has 1 aromatic carbocycles. The fraction of sp³-hybridized carbons (Fsp3) is 0.364. The van der Waals surface area contributed by atoms with Crippen LogP contribution in [-0.4, -0.2) is 22.7 Å². The lowest BCUT2D eigenvalue weighted by atomic mass is 10.0. The fourth-order valence-electron chi connectivity index (χ4n) is 1.47. The second-order valence-electron chi connectivity index (χ2n) is 3.29. The molecular formula is C11H15NO3. The summed E-state index contributed by atoms with van der Waals surface area (Å²) >= 11 is 0. The van der Waals surface area contributed by atoms with Crippen LogP contribution in [0.25, 0.3) is 0 Å². The largest absolute Gasteiger partial charge is 0.508 e. The Hall–Kier alpha value is -1.55. The predicted octanol–water partition coefficient (Wildman–Crippen LogP) is 1.52. The summed E-state index contributed by atoms with van der Waals surface area (Å²) in [4.78, 5) is 10.4. The van der Waals surface area contributed by atoms with Gasteiger partial charge in [0.05, 0.1) is 6.54 Å². The molecule has 0 amide bonds. The molecule has 15 heavy (non-hydrogen) atoms. The average molecular weight is 209 g/mol. The highest BCUT2D eigenvalue weighted by atomic mass is 16.4. The summed E-state index contributed by atoms with van der Waals surface area (Å²) in [5.41, 5.74) is 0.737. The van der Waals surface area contributed by atoms with Crippen LogP contribution in [0.4, 0.5) is 0 Å². The quantitative estimate of drug-likeness (QED) is 0.687. The molecule has 0 spiro atoms. The lowest BCUT2D eigenvalue weighted by molar-refractivity contribution is -0.136. The van der Waals surface area contributed by atoms with Gasteiger partial charge in [0.15, 0.2) is 0 Å². The highest BCUT2D eigenvalue weighted by Crippen LogP contribution is 2.25. The molecule has 1 unspecified atom stereocenters. The van der Waals surface area contributed by atoms with E-state index >= 15 is 0 Å². The van der Waals surface area contributed by atoms with Gasteiger partial charge in [-0.2, -0.15) is 0 Å². The first-order chi connectivity index (χ1) is 7.15. The van der Waals surface area contributed by atoms with Gasteiger partial charge in [-0.1, -0.05) is 25.1 Å². The van der Waals surface area contributed by atoms with Gasteiger partial charge in [0.2, 0.25) is 0 Å². The third kappa shape index (κ3) is 3.25. The third-order valence-corrected chi connectivity index (χ3v) is 2.22. The Kier molecular flexibility index (Phi) is 4.12. The van der Waals surface area contributed by atoms with E-state index in [0.29, 0.717) is 0 Å². The molecule has 1 rings (SSSR count). The first-order valence-electron chi connectivity index (χ1n) is 4.88. The van der Waals surface area contributed by atoms with Gasteiger partial charge < -0.3 is 10.2 Å². The number of carbonyl (C=O) groups is 1. The minimum Gasteiger partial charge on any atom is -0.508 e. The molecule has 3 N–H and O–H groups in total. The van der Waals surface area contributed by atoms with Crippen molar-refractivity contribution in [1.82, 2.24) is 5.32 Å².